The molecule has 0 radical (unpaired) electrons. The first-order chi connectivity index (χ1) is 12.0. The molecule has 0 unspecified atom stereocenters. The fraction of sp³-hybridized carbons (Fsp3) is 0.273. The van der Waals surface area contributed by atoms with Crippen molar-refractivity contribution in [2.75, 3.05) is 0 Å². The Bertz CT molecular complexity index is 963. The van der Waals surface area contributed by atoms with E-state index in [9.17, 15) is 0 Å². The Morgan fingerprint density at radius 1 is 0.769 bits per heavy atom. The van der Waals surface area contributed by atoms with Crippen LogP contribution >= 0.6 is 0 Å². The third-order valence-electron chi connectivity index (χ3n) is 3.12. The first kappa shape index (κ1) is 18.5. The van der Waals surface area contributed by atoms with Gasteiger partial charge in [0, 0.05) is 10.3 Å². The van der Waals surface area contributed by atoms with Gasteiger partial charge in [-0.15, -0.1) is 10.2 Å². The van der Waals surface area contributed by atoms with E-state index in [1.165, 1.54) is 9.36 Å². The van der Waals surface area contributed by atoms with Crippen molar-refractivity contribution in [2.45, 2.75) is 30.6 Å². The van der Waals surface area contributed by atoms with Crippen LogP contribution in [0.1, 0.15) is 23.3 Å². The predicted molar refractivity (Wildman–Crippen MR) is 86.1 cm³/mol. The largest absolute Gasteiger partial charge is 2.00 e. The molecule has 0 fully saturated rings. The molecule has 0 saturated carbocycles. The molecule has 4 aromatic rings. The van der Waals surface area contributed by atoms with Crippen LogP contribution in [0.4, 0.5) is 0 Å². The average molecular weight is 569 g/mol. The Morgan fingerprint density at radius 3 is 1.54 bits per heavy atom. The van der Waals surface area contributed by atoms with E-state index in [2.05, 4.69) is 50.5 Å². The van der Waals surface area contributed by atoms with Crippen LogP contribution in [-0.2, 0) is 52.7 Å². The van der Waals surface area contributed by atoms with Crippen molar-refractivity contribution in [1.29, 1.82) is 0 Å². The van der Waals surface area contributed by atoms with E-state index >= 15 is 0 Å². The van der Waals surface area contributed by atoms with Crippen molar-refractivity contribution in [3.8, 4) is 11.9 Å². The average Bonchev–Trinajstić information content (AvgIpc) is 3.29. The maximum absolute atomic E-state index is 5.11. The predicted octanol–water partition coefficient (Wildman–Crippen LogP) is -0.899. The zero-order chi connectivity index (χ0) is 17.6. The van der Waals surface area contributed by atoms with Crippen LogP contribution in [0.15, 0.2) is 10.3 Å². The molecule has 0 saturated heterocycles. The molecule has 0 aliphatic heterocycles. The van der Waals surface area contributed by atoms with E-state index in [1.807, 2.05) is 0 Å². The molecule has 2 N–H and O–H groups in total. The summed E-state index contributed by atoms with van der Waals surface area (Å²) in [6.07, 6.45) is 0.348. The van der Waals surface area contributed by atoms with Gasteiger partial charge in [0.05, 0.1) is 6.42 Å². The Kier molecular flexibility index (Phi) is 5.07. The first-order valence-corrected chi connectivity index (χ1v) is 7.86. The Hall–Kier alpha value is -2.31. The number of hydrogen-bond acceptors (Lipinski definition) is 10. The summed E-state index contributed by atoms with van der Waals surface area (Å²) in [5.41, 5.74) is 0. The second-order valence-electron chi connectivity index (χ2n) is 5.05. The topological polar surface area (TPSA) is 145 Å². The van der Waals surface area contributed by atoms with E-state index in [4.69, 9.17) is 25.3 Å². The Morgan fingerprint density at radius 2 is 1.19 bits per heavy atom. The minimum Gasteiger partial charge on any atom is -0.740 e. The summed E-state index contributed by atoms with van der Waals surface area (Å²) < 4.78 is 2.77. The van der Waals surface area contributed by atoms with Gasteiger partial charge in [0.1, 0.15) is 23.3 Å². The molecule has 15 heteroatoms. The first-order valence-electron chi connectivity index (χ1n) is 7.04. The summed E-state index contributed by atoms with van der Waals surface area (Å²) in [4.78, 5) is 16.8. The number of H-pyrrole nitrogens is 2. The molecule has 136 valence electrons. The zero-order valence-corrected chi connectivity index (χ0v) is 17.2. The van der Waals surface area contributed by atoms with Gasteiger partial charge in [-0.05, 0) is 13.8 Å². The summed E-state index contributed by atoms with van der Waals surface area (Å²) in [6, 6.07) is 0. The van der Waals surface area contributed by atoms with Crippen LogP contribution in [-0.4, -0.2) is 59.9 Å². The minimum absolute atomic E-state index is 0. The van der Waals surface area contributed by atoms with E-state index in [0.29, 0.717) is 51.9 Å². The van der Waals surface area contributed by atoms with Crippen LogP contribution in [0.25, 0.3) is 11.9 Å². The fourth-order valence-electron chi connectivity index (χ4n) is 2.13. The van der Waals surface area contributed by atoms with Gasteiger partial charge in [-0.25, -0.2) is 19.3 Å². The van der Waals surface area contributed by atoms with Crippen LogP contribution in [0.2, 0.25) is 0 Å². The van der Waals surface area contributed by atoms with Gasteiger partial charge in [0.25, 0.3) is 11.9 Å². The summed E-state index contributed by atoms with van der Waals surface area (Å²) in [5.74, 6) is 2.88. The van der Waals surface area contributed by atoms with Crippen LogP contribution in [0, 0.1) is 13.8 Å². The second kappa shape index (κ2) is 7.13. The van der Waals surface area contributed by atoms with Gasteiger partial charge in [-0.3, -0.25) is 10.2 Å². The van der Waals surface area contributed by atoms with Gasteiger partial charge in [-0.1, -0.05) is 0 Å². The van der Waals surface area contributed by atoms with Crippen molar-refractivity contribution in [1.82, 2.24) is 59.9 Å². The van der Waals surface area contributed by atoms with Crippen molar-refractivity contribution >= 4 is 25.3 Å². The monoisotopic (exact) mass is 569 g/mol. The molecule has 26 heavy (non-hydrogen) atoms. The van der Waals surface area contributed by atoms with Crippen LogP contribution in [0.3, 0.4) is 0 Å². The van der Waals surface area contributed by atoms with Crippen molar-refractivity contribution in [3.63, 3.8) is 0 Å². The normalized spacial score (nSPS) is 10.8. The minimum atomic E-state index is 0. The molecule has 0 amide bonds. The molecule has 0 aromatic carbocycles. The van der Waals surface area contributed by atoms with Crippen molar-refractivity contribution in [3.05, 3.63) is 23.3 Å². The third-order valence-corrected chi connectivity index (χ3v) is 3.65. The quantitative estimate of drug-likeness (QED) is 0.297. The summed E-state index contributed by atoms with van der Waals surface area (Å²) in [5, 5.41) is 22.7. The maximum Gasteiger partial charge on any atom is 2.00 e. The van der Waals surface area contributed by atoms with Crippen molar-refractivity contribution in [2.24, 2.45) is 0 Å². The number of aryl methyl sites for hydroxylation is 2. The zero-order valence-electron chi connectivity index (χ0n) is 13.3. The number of hydrogen-bond donors (Lipinski definition) is 2. The number of aromatic amines is 2. The molecule has 4 heterocycles. The number of aromatic nitrogens is 12. The molecule has 0 atom stereocenters. The van der Waals surface area contributed by atoms with Gasteiger partial charge < -0.3 is 25.3 Å². The Labute approximate surface area is 171 Å². The molecular formula is C11H10N12PtS2. The number of nitrogens with one attached hydrogen (secondary N) is 2. The summed E-state index contributed by atoms with van der Waals surface area (Å²) >= 11 is 10.2. The summed E-state index contributed by atoms with van der Waals surface area (Å²) in [6.45, 7) is 3.49. The third kappa shape index (κ3) is 3.47. The maximum atomic E-state index is 5.11. The van der Waals surface area contributed by atoms with Gasteiger partial charge >= 0.3 is 21.1 Å². The molecular weight excluding hydrogens is 559 g/mol. The van der Waals surface area contributed by atoms with Crippen molar-refractivity contribution < 1.29 is 21.1 Å². The van der Waals surface area contributed by atoms with E-state index < -0.39 is 0 Å². The number of nitrogens with zero attached hydrogens (tertiary/aromatic N) is 10. The second-order valence-corrected chi connectivity index (χ2v) is 5.78. The molecule has 12 nitrogen and oxygen atoms in total. The van der Waals surface area contributed by atoms with Crippen LogP contribution in [0.5, 0.6) is 0 Å². The van der Waals surface area contributed by atoms with Crippen LogP contribution < -0.4 is 0 Å². The van der Waals surface area contributed by atoms with E-state index in [0.717, 1.165) is 0 Å². The molecule has 0 aliphatic rings. The molecule has 4 aromatic heterocycles. The van der Waals surface area contributed by atoms with E-state index in [-0.39, 0.29) is 21.1 Å². The smallest absolute Gasteiger partial charge is 0.740 e. The van der Waals surface area contributed by atoms with Gasteiger partial charge in [0.15, 0.2) is 0 Å². The standard InChI is InChI=1S/C11H12N12S2.Pt/c1-4-12-10(24)22(20-4)8-14-6(16-18-8)3-7-15-9(19-17-7)23-11(25)13-5(2)21-23;/h3H2,1-2H3,(H,12,20,24)(H,13,21,25)(H,14,16,18)(H,15,17,19);/q;+2/p-2. The van der Waals surface area contributed by atoms with Gasteiger partial charge in [-0.2, -0.15) is 20.2 Å². The molecule has 0 spiro atoms. The fourth-order valence-corrected chi connectivity index (χ4v) is 2.64. The Balaban J connectivity index is 0.00000196. The molecule has 0 aliphatic carbocycles. The SMILES string of the molecule is Cc1nc([S-])n(-c2n[nH]c(Cc3nc(-n4nc(C)nc4[S-])n[nH]3)n2)n1.[Pt+2]. The van der Waals surface area contributed by atoms with Gasteiger partial charge in [0.2, 0.25) is 0 Å². The molecule has 0 bridgehead atoms. The van der Waals surface area contributed by atoms with E-state index in [1.54, 1.807) is 13.8 Å². The molecule has 4 rings (SSSR count). The number of rotatable bonds is 4. The summed E-state index contributed by atoms with van der Waals surface area (Å²) in [7, 11) is 0.